The van der Waals surface area contributed by atoms with Crippen LogP contribution in [0.2, 0.25) is 0 Å². The molecule has 1 N–H and O–H groups in total. The van der Waals surface area contributed by atoms with E-state index in [1.807, 2.05) is 0 Å². The molecule has 0 heterocycles. The molecule has 1 rings (SSSR count). The van der Waals surface area contributed by atoms with Crippen molar-refractivity contribution < 1.29 is 19.4 Å². The SMILES string of the molecule is COCC(=O)N(CCC(=O)O)C1CCCCC1. The zero-order chi connectivity index (χ0) is 12.7. The van der Waals surface area contributed by atoms with Crippen molar-refractivity contribution in [1.82, 2.24) is 4.90 Å². The summed E-state index contributed by atoms with van der Waals surface area (Å²) in [5.41, 5.74) is 0. The second-order valence-electron chi connectivity index (χ2n) is 4.46. The van der Waals surface area contributed by atoms with Gasteiger partial charge in [0.25, 0.3) is 0 Å². The highest BCUT2D eigenvalue weighted by molar-refractivity contribution is 5.78. The van der Waals surface area contributed by atoms with E-state index in [1.165, 1.54) is 13.5 Å². The highest BCUT2D eigenvalue weighted by Gasteiger charge is 2.25. The zero-order valence-electron chi connectivity index (χ0n) is 10.4. The van der Waals surface area contributed by atoms with Crippen LogP contribution >= 0.6 is 0 Å². The molecule has 0 aromatic heterocycles. The predicted molar refractivity (Wildman–Crippen MR) is 62.7 cm³/mol. The summed E-state index contributed by atoms with van der Waals surface area (Å²) in [5, 5.41) is 8.70. The average molecular weight is 243 g/mol. The lowest BCUT2D eigenvalue weighted by Crippen LogP contribution is -2.44. The number of methoxy groups -OCH3 is 1. The van der Waals surface area contributed by atoms with Crippen LogP contribution in [0.4, 0.5) is 0 Å². The average Bonchev–Trinajstić information content (AvgIpc) is 2.30. The van der Waals surface area contributed by atoms with E-state index in [0.29, 0.717) is 6.54 Å². The molecule has 98 valence electrons. The first-order chi connectivity index (χ1) is 8.15. The summed E-state index contributed by atoms with van der Waals surface area (Å²) < 4.78 is 4.84. The van der Waals surface area contributed by atoms with Gasteiger partial charge in [0.2, 0.25) is 5.91 Å². The van der Waals surface area contributed by atoms with Crippen LogP contribution in [0, 0.1) is 0 Å². The Morgan fingerprint density at radius 1 is 1.29 bits per heavy atom. The van der Waals surface area contributed by atoms with E-state index < -0.39 is 5.97 Å². The number of hydrogen-bond acceptors (Lipinski definition) is 3. The second kappa shape index (κ2) is 7.27. The Morgan fingerprint density at radius 3 is 2.47 bits per heavy atom. The maximum Gasteiger partial charge on any atom is 0.305 e. The summed E-state index contributed by atoms with van der Waals surface area (Å²) in [6.45, 7) is 0.332. The Morgan fingerprint density at radius 2 is 1.94 bits per heavy atom. The molecule has 0 bridgehead atoms. The number of carboxylic acid groups (broad SMARTS) is 1. The second-order valence-corrected chi connectivity index (χ2v) is 4.46. The molecule has 1 saturated carbocycles. The summed E-state index contributed by atoms with van der Waals surface area (Å²) in [6, 6.07) is 0.200. The van der Waals surface area contributed by atoms with Gasteiger partial charge in [0, 0.05) is 19.7 Å². The number of aliphatic carboxylic acids is 1. The van der Waals surface area contributed by atoms with Gasteiger partial charge in [-0.05, 0) is 12.8 Å². The van der Waals surface area contributed by atoms with Crippen LogP contribution in [0.3, 0.4) is 0 Å². The molecular weight excluding hydrogens is 222 g/mol. The van der Waals surface area contributed by atoms with Crippen LogP contribution in [0.25, 0.3) is 0 Å². The van der Waals surface area contributed by atoms with E-state index in [9.17, 15) is 9.59 Å². The maximum absolute atomic E-state index is 11.9. The molecule has 0 aromatic carbocycles. The van der Waals surface area contributed by atoms with E-state index >= 15 is 0 Å². The van der Waals surface area contributed by atoms with Crippen LogP contribution in [-0.2, 0) is 14.3 Å². The van der Waals surface area contributed by atoms with Crippen LogP contribution in [0.1, 0.15) is 38.5 Å². The normalized spacial score (nSPS) is 16.8. The van der Waals surface area contributed by atoms with Crippen LogP contribution in [0.5, 0.6) is 0 Å². The Kier molecular flexibility index (Phi) is 5.97. The van der Waals surface area contributed by atoms with E-state index in [1.54, 1.807) is 4.90 Å². The van der Waals surface area contributed by atoms with Crippen molar-refractivity contribution >= 4 is 11.9 Å². The molecule has 0 unspecified atom stereocenters. The minimum atomic E-state index is -0.865. The van der Waals surface area contributed by atoms with Crippen molar-refractivity contribution in [3.63, 3.8) is 0 Å². The molecule has 5 heteroatoms. The van der Waals surface area contributed by atoms with Crippen molar-refractivity contribution in [3.05, 3.63) is 0 Å². The summed E-state index contributed by atoms with van der Waals surface area (Å²) in [5.74, 6) is -0.961. The predicted octanol–water partition coefficient (Wildman–Crippen LogP) is 1.27. The Bertz CT molecular complexity index is 261. The molecule has 1 amide bonds. The largest absolute Gasteiger partial charge is 0.481 e. The molecule has 0 spiro atoms. The molecule has 5 nitrogen and oxygen atoms in total. The van der Waals surface area contributed by atoms with Crippen molar-refractivity contribution in [1.29, 1.82) is 0 Å². The molecule has 0 atom stereocenters. The minimum Gasteiger partial charge on any atom is -0.481 e. The first-order valence-corrected chi connectivity index (χ1v) is 6.15. The Balaban J connectivity index is 2.56. The fourth-order valence-electron chi connectivity index (χ4n) is 2.33. The molecule has 0 aromatic rings. The van der Waals surface area contributed by atoms with Gasteiger partial charge in [0.1, 0.15) is 6.61 Å². The fraction of sp³-hybridized carbons (Fsp3) is 0.833. The number of ether oxygens (including phenoxy) is 1. The standard InChI is InChI=1S/C12H21NO4/c1-17-9-11(14)13(8-7-12(15)16)10-5-3-2-4-6-10/h10H,2-9H2,1H3,(H,15,16). The van der Waals surface area contributed by atoms with Crippen LogP contribution in [0.15, 0.2) is 0 Å². The molecular formula is C12H21NO4. The van der Waals surface area contributed by atoms with Gasteiger partial charge in [0.15, 0.2) is 0 Å². The van der Waals surface area contributed by atoms with Gasteiger partial charge in [-0.15, -0.1) is 0 Å². The van der Waals surface area contributed by atoms with Crippen LogP contribution in [-0.4, -0.2) is 48.2 Å². The van der Waals surface area contributed by atoms with Crippen molar-refractivity contribution in [2.75, 3.05) is 20.3 Å². The highest BCUT2D eigenvalue weighted by Crippen LogP contribution is 2.22. The van der Waals surface area contributed by atoms with Crippen molar-refractivity contribution in [3.8, 4) is 0 Å². The lowest BCUT2D eigenvalue weighted by molar-refractivity contribution is -0.141. The molecule has 0 aliphatic heterocycles. The number of carboxylic acids is 1. The van der Waals surface area contributed by atoms with Gasteiger partial charge in [-0.25, -0.2) is 0 Å². The Hall–Kier alpha value is -1.10. The Labute approximate surface area is 102 Å². The molecule has 1 aliphatic carbocycles. The number of nitrogens with zero attached hydrogens (tertiary/aromatic N) is 1. The van der Waals surface area contributed by atoms with Gasteiger partial charge < -0.3 is 14.7 Å². The van der Waals surface area contributed by atoms with E-state index in [2.05, 4.69) is 0 Å². The third kappa shape index (κ3) is 4.73. The smallest absolute Gasteiger partial charge is 0.305 e. The summed E-state index contributed by atoms with van der Waals surface area (Å²) in [6.07, 6.45) is 5.42. The van der Waals surface area contributed by atoms with E-state index in [-0.39, 0.29) is 25.0 Å². The number of amides is 1. The fourth-order valence-corrected chi connectivity index (χ4v) is 2.33. The molecule has 1 aliphatic rings. The maximum atomic E-state index is 11.9. The lowest BCUT2D eigenvalue weighted by atomic mass is 9.94. The zero-order valence-corrected chi connectivity index (χ0v) is 10.4. The number of carbonyl (C=O) groups is 2. The topological polar surface area (TPSA) is 66.8 Å². The van der Waals surface area contributed by atoms with Gasteiger partial charge in [-0.2, -0.15) is 0 Å². The van der Waals surface area contributed by atoms with Gasteiger partial charge in [-0.1, -0.05) is 19.3 Å². The molecule has 0 radical (unpaired) electrons. The number of hydrogen-bond donors (Lipinski definition) is 1. The summed E-state index contributed by atoms with van der Waals surface area (Å²) in [7, 11) is 1.48. The third-order valence-corrected chi connectivity index (χ3v) is 3.17. The van der Waals surface area contributed by atoms with Crippen molar-refractivity contribution in [2.45, 2.75) is 44.6 Å². The minimum absolute atomic E-state index is 0.00591. The summed E-state index contributed by atoms with van der Waals surface area (Å²) >= 11 is 0. The molecule has 17 heavy (non-hydrogen) atoms. The highest BCUT2D eigenvalue weighted by atomic mass is 16.5. The van der Waals surface area contributed by atoms with Crippen molar-refractivity contribution in [2.24, 2.45) is 0 Å². The molecule has 0 saturated heterocycles. The quantitative estimate of drug-likeness (QED) is 0.763. The first kappa shape index (κ1) is 14.0. The van der Waals surface area contributed by atoms with E-state index in [0.717, 1.165) is 25.7 Å². The van der Waals surface area contributed by atoms with Gasteiger partial charge >= 0.3 is 5.97 Å². The number of carbonyl (C=O) groups excluding carboxylic acids is 1. The lowest BCUT2D eigenvalue weighted by Gasteiger charge is -2.34. The van der Waals surface area contributed by atoms with E-state index in [4.69, 9.17) is 9.84 Å². The summed E-state index contributed by atoms with van der Waals surface area (Å²) in [4.78, 5) is 24.2. The number of rotatable bonds is 6. The monoisotopic (exact) mass is 243 g/mol. The van der Waals surface area contributed by atoms with Gasteiger partial charge in [0.05, 0.1) is 6.42 Å². The van der Waals surface area contributed by atoms with Gasteiger partial charge in [-0.3, -0.25) is 9.59 Å². The molecule has 1 fully saturated rings. The first-order valence-electron chi connectivity index (χ1n) is 6.15. The third-order valence-electron chi connectivity index (χ3n) is 3.17. The van der Waals surface area contributed by atoms with Crippen LogP contribution < -0.4 is 0 Å².